The van der Waals surface area contributed by atoms with E-state index in [1.807, 2.05) is 6.07 Å². The Balaban J connectivity index is 2.28. The number of hydrogen-bond acceptors (Lipinski definition) is 3. The fourth-order valence-electron chi connectivity index (χ4n) is 2.30. The summed E-state index contributed by atoms with van der Waals surface area (Å²) in [5.41, 5.74) is 2.35. The number of carbonyl (C=O) groups excluding carboxylic acids is 2. The van der Waals surface area contributed by atoms with E-state index in [1.165, 1.54) is 7.11 Å². The van der Waals surface area contributed by atoms with E-state index in [2.05, 4.69) is 12.2 Å². The van der Waals surface area contributed by atoms with Crippen LogP contribution in [0.25, 0.3) is 0 Å². The molecule has 0 aliphatic carbocycles. The monoisotopic (exact) mass is 247 g/mol. The minimum Gasteiger partial charge on any atom is -0.465 e. The van der Waals surface area contributed by atoms with E-state index in [0.717, 1.165) is 24.1 Å². The van der Waals surface area contributed by atoms with Crippen LogP contribution in [0.1, 0.15) is 35.7 Å². The first-order valence-electron chi connectivity index (χ1n) is 6.17. The second-order valence-electron chi connectivity index (χ2n) is 4.54. The van der Waals surface area contributed by atoms with Gasteiger partial charge in [0.2, 0.25) is 5.91 Å². The third kappa shape index (κ3) is 2.37. The van der Waals surface area contributed by atoms with Gasteiger partial charge in [0.25, 0.3) is 0 Å². The zero-order chi connectivity index (χ0) is 13.1. The molecule has 1 aromatic rings. The third-order valence-corrected chi connectivity index (χ3v) is 3.26. The van der Waals surface area contributed by atoms with Crippen LogP contribution in [-0.2, 0) is 16.0 Å². The van der Waals surface area contributed by atoms with E-state index < -0.39 is 0 Å². The summed E-state index contributed by atoms with van der Waals surface area (Å²) in [6.07, 6.45) is 2.54. The van der Waals surface area contributed by atoms with Gasteiger partial charge in [0.15, 0.2) is 0 Å². The van der Waals surface area contributed by atoms with Gasteiger partial charge in [-0.25, -0.2) is 4.79 Å². The minimum absolute atomic E-state index is 0.00963. The molecule has 0 saturated heterocycles. The zero-order valence-corrected chi connectivity index (χ0v) is 10.7. The van der Waals surface area contributed by atoms with Crippen LogP contribution in [0.2, 0.25) is 0 Å². The van der Waals surface area contributed by atoms with E-state index in [9.17, 15) is 9.59 Å². The van der Waals surface area contributed by atoms with Crippen molar-refractivity contribution < 1.29 is 14.3 Å². The van der Waals surface area contributed by atoms with Crippen molar-refractivity contribution in [1.29, 1.82) is 0 Å². The molecule has 0 radical (unpaired) electrons. The number of anilines is 1. The SMILES string of the molecule is CCCC1Cc2cc(C(=O)OC)ccc2NC1=O. The maximum absolute atomic E-state index is 11.8. The first kappa shape index (κ1) is 12.6. The second-order valence-corrected chi connectivity index (χ2v) is 4.54. The highest BCUT2D eigenvalue weighted by atomic mass is 16.5. The molecule has 1 aliphatic rings. The fourth-order valence-corrected chi connectivity index (χ4v) is 2.30. The lowest BCUT2D eigenvalue weighted by atomic mass is 9.89. The summed E-state index contributed by atoms with van der Waals surface area (Å²) in [5.74, 6) is -0.257. The molecule has 0 bridgehead atoms. The molecule has 1 aliphatic heterocycles. The quantitative estimate of drug-likeness (QED) is 0.834. The van der Waals surface area contributed by atoms with Crippen LogP contribution in [0, 0.1) is 5.92 Å². The summed E-state index contributed by atoms with van der Waals surface area (Å²) >= 11 is 0. The topological polar surface area (TPSA) is 55.4 Å². The standard InChI is InChI=1S/C14H17NO3/c1-3-4-9-7-11-8-10(14(17)18-2)5-6-12(11)15-13(9)16/h5-6,8-9H,3-4,7H2,1-2H3,(H,15,16). The lowest BCUT2D eigenvalue weighted by molar-refractivity contribution is -0.120. The summed E-state index contributed by atoms with van der Waals surface area (Å²) in [5, 5.41) is 2.89. The molecule has 0 aromatic heterocycles. The van der Waals surface area contributed by atoms with Gasteiger partial charge in [0.1, 0.15) is 0 Å². The zero-order valence-electron chi connectivity index (χ0n) is 10.7. The number of rotatable bonds is 3. The molecule has 1 unspecified atom stereocenters. The Bertz CT molecular complexity index is 482. The van der Waals surface area contributed by atoms with Crippen molar-refractivity contribution in [2.45, 2.75) is 26.2 Å². The van der Waals surface area contributed by atoms with Crippen LogP contribution >= 0.6 is 0 Å². The van der Waals surface area contributed by atoms with E-state index in [0.29, 0.717) is 12.0 Å². The molecule has 0 spiro atoms. The summed E-state index contributed by atoms with van der Waals surface area (Å²) in [7, 11) is 1.36. The van der Waals surface area contributed by atoms with Gasteiger partial charge in [-0.05, 0) is 36.6 Å². The number of carbonyl (C=O) groups is 2. The molecule has 96 valence electrons. The Morgan fingerprint density at radius 2 is 2.28 bits per heavy atom. The molecule has 4 nitrogen and oxygen atoms in total. The smallest absolute Gasteiger partial charge is 0.337 e. The van der Waals surface area contributed by atoms with Gasteiger partial charge in [-0.1, -0.05) is 13.3 Å². The average Bonchev–Trinajstić information content (AvgIpc) is 2.38. The van der Waals surface area contributed by atoms with Crippen LogP contribution in [0.15, 0.2) is 18.2 Å². The maximum Gasteiger partial charge on any atom is 0.337 e. The lowest BCUT2D eigenvalue weighted by Gasteiger charge is -2.24. The number of methoxy groups -OCH3 is 1. The number of nitrogens with one attached hydrogen (secondary N) is 1. The van der Waals surface area contributed by atoms with Crippen LogP contribution < -0.4 is 5.32 Å². The number of ether oxygens (including phenoxy) is 1. The number of fused-ring (bicyclic) bond motifs is 1. The first-order valence-corrected chi connectivity index (χ1v) is 6.17. The fraction of sp³-hybridized carbons (Fsp3) is 0.429. The van der Waals surface area contributed by atoms with Gasteiger partial charge < -0.3 is 10.1 Å². The molecule has 0 fully saturated rings. The van der Waals surface area contributed by atoms with Crippen molar-refractivity contribution in [3.8, 4) is 0 Å². The van der Waals surface area contributed by atoms with Gasteiger partial charge in [0, 0.05) is 11.6 Å². The van der Waals surface area contributed by atoms with Crippen molar-refractivity contribution >= 4 is 17.6 Å². The number of amides is 1. The summed E-state index contributed by atoms with van der Waals surface area (Å²) in [6.45, 7) is 2.06. The summed E-state index contributed by atoms with van der Waals surface area (Å²) in [4.78, 5) is 23.3. The van der Waals surface area contributed by atoms with E-state index in [1.54, 1.807) is 12.1 Å². The Morgan fingerprint density at radius 1 is 1.50 bits per heavy atom. The van der Waals surface area contributed by atoms with Gasteiger partial charge in [0.05, 0.1) is 12.7 Å². The molecular formula is C14H17NO3. The first-order chi connectivity index (χ1) is 8.65. The Kier molecular flexibility index (Phi) is 3.65. The maximum atomic E-state index is 11.8. The predicted molar refractivity (Wildman–Crippen MR) is 68.5 cm³/mol. The molecule has 18 heavy (non-hydrogen) atoms. The molecule has 1 N–H and O–H groups in total. The molecule has 1 aromatic carbocycles. The number of esters is 1. The lowest BCUT2D eigenvalue weighted by Crippen LogP contribution is -2.30. The summed E-state index contributed by atoms with van der Waals surface area (Å²) < 4.78 is 4.70. The number of benzene rings is 1. The summed E-state index contributed by atoms with van der Waals surface area (Å²) in [6, 6.07) is 5.25. The highest BCUT2D eigenvalue weighted by Crippen LogP contribution is 2.28. The van der Waals surface area contributed by atoms with Crippen molar-refractivity contribution in [1.82, 2.24) is 0 Å². The third-order valence-electron chi connectivity index (χ3n) is 3.26. The van der Waals surface area contributed by atoms with Gasteiger partial charge in [-0.2, -0.15) is 0 Å². The normalized spacial score (nSPS) is 17.9. The van der Waals surface area contributed by atoms with Gasteiger partial charge in [-0.15, -0.1) is 0 Å². The Morgan fingerprint density at radius 3 is 2.94 bits per heavy atom. The Hall–Kier alpha value is -1.84. The Labute approximate surface area is 106 Å². The molecule has 2 rings (SSSR count). The van der Waals surface area contributed by atoms with Gasteiger partial charge >= 0.3 is 5.97 Å². The average molecular weight is 247 g/mol. The molecule has 1 heterocycles. The number of hydrogen-bond donors (Lipinski definition) is 1. The molecule has 4 heteroatoms. The molecule has 0 saturated carbocycles. The van der Waals surface area contributed by atoms with Gasteiger partial charge in [-0.3, -0.25) is 4.79 Å². The molecule has 1 atom stereocenters. The minimum atomic E-state index is -0.346. The second kappa shape index (κ2) is 5.21. The van der Waals surface area contributed by atoms with E-state index in [4.69, 9.17) is 4.74 Å². The van der Waals surface area contributed by atoms with Crippen LogP contribution in [0.4, 0.5) is 5.69 Å². The van der Waals surface area contributed by atoms with Crippen LogP contribution in [0.3, 0.4) is 0 Å². The van der Waals surface area contributed by atoms with Crippen molar-refractivity contribution in [2.75, 3.05) is 12.4 Å². The van der Waals surface area contributed by atoms with E-state index in [-0.39, 0.29) is 17.8 Å². The van der Waals surface area contributed by atoms with E-state index >= 15 is 0 Å². The molecule has 1 amide bonds. The van der Waals surface area contributed by atoms with Crippen LogP contribution in [0.5, 0.6) is 0 Å². The van der Waals surface area contributed by atoms with Crippen molar-refractivity contribution in [3.05, 3.63) is 29.3 Å². The van der Waals surface area contributed by atoms with Crippen molar-refractivity contribution in [3.63, 3.8) is 0 Å². The highest BCUT2D eigenvalue weighted by Gasteiger charge is 2.25. The predicted octanol–water partition coefficient (Wildman–Crippen LogP) is 2.38. The highest BCUT2D eigenvalue weighted by molar-refractivity contribution is 5.97. The van der Waals surface area contributed by atoms with Crippen LogP contribution in [-0.4, -0.2) is 19.0 Å². The van der Waals surface area contributed by atoms with Crippen molar-refractivity contribution in [2.24, 2.45) is 5.92 Å². The largest absolute Gasteiger partial charge is 0.465 e. The molecular weight excluding hydrogens is 230 g/mol.